The van der Waals surface area contributed by atoms with Crippen molar-refractivity contribution in [3.8, 4) is 0 Å². The van der Waals surface area contributed by atoms with Crippen LogP contribution in [0.25, 0.3) is 0 Å². The summed E-state index contributed by atoms with van der Waals surface area (Å²) in [5.41, 5.74) is 1.23. The minimum absolute atomic E-state index is 0.760. The number of unbranched alkanes of at least 4 members (excludes halogenated alkanes) is 1. The molecule has 0 saturated carbocycles. The summed E-state index contributed by atoms with van der Waals surface area (Å²) in [5, 5.41) is 6.71. The number of rotatable bonds is 7. The number of nitrogens with one attached hydrogen (secondary N) is 2. The minimum Gasteiger partial charge on any atom is -0.356 e. The van der Waals surface area contributed by atoms with E-state index < -0.39 is 0 Å². The van der Waals surface area contributed by atoms with Crippen LogP contribution < -0.4 is 15.5 Å². The Balaban J connectivity index is 1.86. The predicted octanol–water partition coefficient (Wildman–Crippen LogP) is 1.69. The molecule has 0 aromatic carbocycles. The third kappa shape index (κ3) is 5.67. The monoisotopic (exact) mass is 332 g/mol. The SMILES string of the molecule is CCCCNC(=NC)NCc1ccnc(N2CCN(CC)CC2)c1. The van der Waals surface area contributed by atoms with E-state index in [1.54, 1.807) is 0 Å². The van der Waals surface area contributed by atoms with Gasteiger partial charge in [-0.2, -0.15) is 0 Å². The number of likely N-dealkylation sites (N-methyl/N-ethyl adjacent to an activating group) is 1. The van der Waals surface area contributed by atoms with E-state index in [0.29, 0.717) is 0 Å². The standard InChI is InChI=1S/C18H32N6/c1-4-6-8-21-18(19-3)22-15-16-7-9-20-17(14-16)24-12-10-23(5-2)11-13-24/h7,9,14H,4-6,8,10-13,15H2,1-3H3,(H2,19,21,22). The van der Waals surface area contributed by atoms with Gasteiger partial charge in [-0.05, 0) is 30.7 Å². The summed E-state index contributed by atoms with van der Waals surface area (Å²) in [7, 11) is 1.81. The van der Waals surface area contributed by atoms with Crippen molar-refractivity contribution in [1.29, 1.82) is 0 Å². The highest BCUT2D eigenvalue weighted by molar-refractivity contribution is 5.79. The number of nitrogens with zero attached hydrogens (tertiary/aromatic N) is 4. The molecule has 1 aromatic rings. The number of piperazine rings is 1. The maximum atomic E-state index is 4.56. The highest BCUT2D eigenvalue weighted by Crippen LogP contribution is 2.15. The van der Waals surface area contributed by atoms with Gasteiger partial charge in [-0.25, -0.2) is 4.98 Å². The summed E-state index contributed by atoms with van der Waals surface area (Å²) in [6.07, 6.45) is 4.25. The lowest BCUT2D eigenvalue weighted by Gasteiger charge is -2.34. The Bertz CT molecular complexity index is 508. The fourth-order valence-corrected chi connectivity index (χ4v) is 2.83. The normalized spacial score (nSPS) is 16.3. The summed E-state index contributed by atoms with van der Waals surface area (Å²) < 4.78 is 0. The molecule has 1 aliphatic rings. The molecule has 0 unspecified atom stereocenters. The van der Waals surface area contributed by atoms with Crippen LogP contribution in [0, 0.1) is 0 Å². The number of hydrogen-bond donors (Lipinski definition) is 2. The minimum atomic E-state index is 0.760. The first-order valence-electron chi connectivity index (χ1n) is 9.13. The predicted molar refractivity (Wildman–Crippen MR) is 102 cm³/mol. The molecule has 0 bridgehead atoms. The van der Waals surface area contributed by atoms with Crippen molar-refractivity contribution in [2.75, 3.05) is 51.2 Å². The molecular formula is C18H32N6. The van der Waals surface area contributed by atoms with Gasteiger partial charge in [0.25, 0.3) is 0 Å². The smallest absolute Gasteiger partial charge is 0.191 e. The Morgan fingerprint density at radius 3 is 2.67 bits per heavy atom. The van der Waals surface area contributed by atoms with Crippen LogP contribution in [0.2, 0.25) is 0 Å². The molecule has 2 heterocycles. The Morgan fingerprint density at radius 1 is 1.21 bits per heavy atom. The van der Waals surface area contributed by atoms with Crippen LogP contribution in [-0.4, -0.2) is 62.2 Å². The molecule has 6 heteroatoms. The first-order chi connectivity index (χ1) is 11.8. The molecule has 6 nitrogen and oxygen atoms in total. The molecule has 0 aliphatic carbocycles. The summed E-state index contributed by atoms with van der Waals surface area (Å²) in [4.78, 5) is 13.7. The Kier molecular flexibility index (Phi) is 7.82. The zero-order valence-electron chi connectivity index (χ0n) is 15.4. The third-order valence-corrected chi connectivity index (χ3v) is 4.46. The highest BCUT2D eigenvalue weighted by Gasteiger charge is 2.16. The molecule has 134 valence electrons. The topological polar surface area (TPSA) is 55.8 Å². The van der Waals surface area contributed by atoms with Crippen molar-refractivity contribution in [3.63, 3.8) is 0 Å². The van der Waals surface area contributed by atoms with E-state index in [9.17, 15) is 0 Å². The Morgan fingerprint density at radius 2 is 2.00 bits per heavy atom. The van der Waals surface area contributed by atoms with Gasteiger partial charge in [0.1, 0.15) is 5.82 Å². The molecule has 24 heavy (non-hydrogen) atoms. The van der Waals surface area contributed by atoms with Gasteiger partial charge in [0, 0.05) is 52.5 Å². The number of anilines is 1. The Labute approximate surface area is 146 Å². The van der Waals surface area contributed by atoms with E-state index in [4.69, 9.17) is 0 Å². The van der Waals surface area contributed by atoms with Crippen LogP contribution in [0.15, 0.2) is 23.3 Å². The lowest BCUT2D eigenvalue weighted by molar-refractivity contribution is 0.270. The molecule has 0 atom stereocenters. The van der Waals surface area contributed by atoms with Gasteiger partial charge in [0.05, 0.1) is 0 Å². The number of aromatic nitrogens is 1. The molecule has 0 spiro atoms. The van der Waals surface area contributed by atoms with Crippen LogP contribution in [-0.2, 0) is 6.54 Å². The van der Waals surface area contributed by atoms with Gasteiger partial charge in [-0.1, -0.05) is 20.3 Å². The van der Waals surface area contributed by atoms with E-state index >= 15 is 0 Å². The molecule has 2 rings (SSSR count). The van der Waals surface area contributed by atoms with Crippen molar-refractivity contribution in [3.05, 3.63) is 23.9 Å². The average molecular weight is 332 g/mol. The second-order valence-corrected chi connectivity index (χ2v) is 6.15. The van der Waals surface area contributed by atoms with Crippen molar-refractivity contribution in [2.24, 2.45) is 4.99 Å². The van der Waals surface area contributed by atoms with Gasteiger partial charge in [-0.3, -0.25) is 4.99 Å². The molecule has 0 amide bonds. The Hall–Kier alpha value is -1.82. The van der Waals surface area contributed by atoms with Crippen molar-refractivity contribution in [1.82, 2.24) is 20.5 Å². The third-order valence-electron chi connectivity index (χ3n) is 4.46. The fourth-order valence-electron chi connectivity index (χ4n) is 2.83. The zero-order valence-corrected chi connectivity index (χ0v) is 15.4. The lowest BCUT2D eigenvalue weighted by Crippen LogP contribution is -2.46. The first-order valence-corrected chi connectivity index (χ1v) is 9.13. The van der Waals surface area contributed by atoms with Gasteiger partial charge in [0.2, 0.25) is 0 Å². The summed E-state index contributed by atoms with van der Waals surface area (Å²) in [6, 6.07) is 4.26. The number of pyridine rings is 1. The highest BCUT2D eigenvalue weighted by atomic mass is 15.3. The van der Waals surface area contributed by atoms with Gasteiger partial charge < -0.3 is 20.4 Å². The molecule has 1 fully saturated rings. The number of aliphatic imine (C=N–C) groups is 1. The van der Waals surface area contributed by atoms with Crippen LogP contribution in [0.5, 0.6) is 0 Å². The van der Waals surface area contributed by atoms with Crippen LogP contribution in [0.3, 0.4) is 0 Å². The second kappa shape index (κ2) is 10.1. The van der Waals surface area contributed by atoms with Crippen LogP contribution >= 0.6 is 0 Å². The molecule has 1 aromatic heterocycles. The van der Waals surface area contributed by atoms with Gasteiger partial charge in [0.15, 0.2) is 5.96 Å². The molecule has 2 N–H and O–H groups in total. The van der Waals surface area contributed by atoms with Crippen molar-refractivity contribution >= 4 is 11.8 Å². The zero-order chi connectivity index (χ0) is 17.2. The molecule has 1 saturated heterocycles. The lowest BCUT2D eigenvalue weighted by atomic mass is 10.2. The molecular weight excluding hydrogens is 300 g/mol. The fraction of sp³-hybridized carbons (Fsp3) is 0.667. The maximum Gasteiger partial charge on any atom is 0.191 e. The van der Waals surface area contributed by atoms with Crippen molar-refractivity contribution < 1.29 is 0 Å². The largest absolute Gasteiger partial charge is 0.356 e. The first kappa shape index (κ1) is 18.5. The second-order valence-electron chi connectivity index (χ2n) is 6.15. The van der Waals surface area contributed by atoms with Crippen LogP contribution in [0.4, 0.5) is 5.82 Å². The van der Waals surface area contributed by atoms with Gasteiger partial charge >= 0.3 is 0 Å². The molecule has 1 aliphatic heterocycles. The number of hydrogen-bond acceptors (Lipinski definition) is 4. The van der Waals surface area contributed by atoms with Gasteiger partial charge in [-0.15, -0.1) is 0 Å². The van der Waals surface area contributed by atoms with Crippen molar-refractivity contribution in [2.45, 2.75) is 33.2 Å². The van der Waals surface area contributed by atoms with E-state index in [-0.39, 0.29) is 0 Å². The number of guanidine groups is 1. The van der Waals surface area contributed by atoms with E-state index in [2.05, 4.69) is 56.4 Å². The quantitative estimate of drug-likeness (QED) is 0.452. The van der Waals surface area contributed by atoms with E-state index in [0.717, 1.165) is 64.0 Å². The van der Waals surface area contributed by atoms with E-state index in [1.165, 1.54) is 12.0 Å². The summed E-state index contributed by atoms with van der Waals surface area (Å²) >= 11 is 0. The van der Waals surface area contributed by atoms with E-state index in [1.807, 2.05) is 13.2 Å². The molecule has 0 radical (unpaired) electrons. The average Bonchev–Trinajstić information content (AvgIpc) is 2.65. The summed E-state index contributed by atoms with van der Waals surface area (Å²) in [6.45, 7) is 11.6. The maximum absolute atomic E-state index is 4.56. The van der Waals surface area contributed by atoms with Crippen LogP contribution in [0.1, 0.15) is 32.3 Å². The summed E-state index contributed by atoms with van der Waals surface area (Å²) in [5.74, 6) is 1.94.